The van der Waals surface area contributed by atoms with Crippen molar-refractivity contribution in [3.63, 3.8) is 0 Å². The maximum Gasteiger partial charge on any atom is 0.259 e. The summed E-state index contributed by atoms with van der Waals surface area (Å²) in [7, 11) is 0. The SMILES string of the molecule is O=C(CCSCc1nc2sc3c(c2c(=O)[nH]1)CCC3)N1CCC(N2CCCC2)C1. The second kappa shape index (κ2) is 8.40. The average molecular weight is 433 g/mol. The highest BCUT2D eigenvalue weighted by Crippen LogP contribution is 2.34. The fraction of sp³-hybridized carbons (Fsp3) is 0.667. The van der Waals surface area contributed by atoms with Crippen molar-refractivity contribution in [3.05, 3.63) is 26.6 Å². The Bertz CT molecular complexity index is 963. The summed E-state index contributed by atoms with van der Waals surface area (Å²) in [5, 5.41) is 0.813. The van der Waals surface area contributed by atoms with Crippen LogP contribution in [0.2, 0.25) is 0 Å². The second-order valence-corrected chi connectivity index (χ2v) is 10.6. The summed E-state index contributed by atoms with van der Waals surface area (Å²) in [5.41, 5.74) is 1.23. The molecule has 5 rings (SSSR count). The summed E-state index contributed by atoms with van der Waals surface area (Å²) in [6, 6.07) is 0.572. The smallest absolute Gasteiger partial charge is 0.259 e. The zero-order valence-corrected chi connectivity index (χ0v) is 18.4. The Labute approximate surface area is 179 Å². The van der Waals surface area contributed by atoms with Crippen LogP contribution in [-0.4, -0.2) is 63.6 Å². The number of aryl methyl sites for hydroxylation is 2. The molecule has 1 N–H and O–H groups in total. The van der Waals surface area contributed by atoms with Gasteiger partial charge in [-0.25, -0.2) is 4.98 Å². The first-order chi connectivity index (χ1) is 14.2. The molecule has 29 heavy (non-hydrogen) atoms. The molecule has 2 aromatic rings. The molecule has 2 fully saturated rings. The Morgan fingerprint density at radius 3 is 2.93 bits per heavy atom. The number of thiophene rings is 1. The first kappa shape index (κ1) is 19.6. The number of hydrogen-bond donors (Lipinski definition) is 1. The maximum atomic E-state index is 12.5. The van der Waals surface area contributed by atoms with Crippen molar-refractivity contribution >= 4 is 39.2 Å². The number of aromatic amines is 1. The first-order valence-corrected chi connectivity index (χ1v) is 12.8. The van der Waals surface area contributed by atoms with Crippen molar-refractivity contribution in [3.8, 4) is 0 Å². The molecule has 0 spiro atoms. The predicted molar refractivity (Wildman–Crippen MR) is 119 cm³/mol. The van der Waals surface area contributed by atoms with Crippen LogP contribution in [0, 0.1) is 0 Å². The van der Waals surface area contributed by atoms with Gasteiger partial charge >= 0.3 is 0 Å². The van der Waals surface area contributed by atoms with E-state index < -0.39 is 0 Å². The zero-order valence-electron chi connectivity index (χ0n) is 16.7. The molecule has 0 radical (unpaired) electrons. The number of rotatable bonds is 6. The van der Waals surface area contributed by atoms with Crippen molar-refractivity contribution in [2.45, 2.75) is 56.7 Å². The quantitative estimate of drug-likeness (QED) is 0.711. The Morgan fingerprint density at radius 1 is 1.21 bits per heavy atom. The highest BCUT2D eigenvalue weighted by atomic mass is 32.2. The molecule has 1 atom stereocenters. The Hall–Kier alpha value is -1.38. The van der Waals surface area contributed by atoms with Crippen LogP contribution in [0.5, 0.6) is 0 Å². The van der Waals surface area contributed by atoms with Gasteiger partial charge in [0.05, 0.1) is 11.1 Å². The largest absolute Gasteiger partial charge is 0.341 e. The molecule has 0 saturated carbocycles. The molecule has 2 saturated heterocycles. The summed E-state index contributed by atoms with van der Waals surface area (Å²) in [6.07, 6.45) is 7.53. The standard InChI is InChI=1S/C21H28N4O2S2/c26-18(25-10-6-14(12-25)24-8-1-2-9-24)7-11-28-13-17-22-20(27)19-15-4-3-5-16(15)29-21(19)23-17/h14H,1-13H2,(H,22,23,27). The van der Waals surface area contributed by atoms with Gasteiger partial charge in [0, 0.05) is 36.2 Å². The average Bonchev–Trinajstić information content (AvgIpc) is 3.48. The fourth-order valence-corrected chi connectivity index (χ4v) is 7.05. The van der Waals surface area contributed by atoms with Crippen LogP contribution in [0.4, 0.5) is 0 Å². The third kappa shape index (κ3) is 3.99. The molecular weight excluding hydrogens is 404 g/mol. The van der Waals surface area contributed by atoms with Gasteiger partial charge in [-0.1, -0.05) is 0 Å². The van der Waals surface area contributed by atoms with Crippen LogP contribution >= 0.6 is 23.1 Å². The van der Waals surface area contributed by atoms with Crippen molar-refractivity contribution < 1.29 is 4.79 Å². The van der Waals surface area contributed by atoms with Crippen LogP contribution in [0.15, 0.2) is 4.79 Å². The molecule has 4 heterocycles. The molecule has 1 amide bonds. The van der Waals surface area contributed by atoms with E-state index in [4.69, 9.17) is 0 Å². The number of H-pyrrole nitrogens is 1. The van der Waals surface area contributed by atoms with Crippen LogP contribution in [-0.2, 0) is 23.4 Å². The summed E-state index contributed by atoms with van der Waals surface area (Å²) in [4.78, 5) is 39.5. The van der Waals surface area contributed by atoms with Crippen molar-refractivity contribution in [2.75, 3.05) is 31.9 Å². The van der Waals surface area contributed by atoms with Gasteiger partial charge in [0.1, 0.15) is 10.7 Å². The Morgan fingerprint density at radius 2 is 2.07 bits per heavy atom. The van der Waals surface area contributed by atoms with Gasteiger partial charge in [0.25, 0.3) is 5.56 Å². The second-order valence-electron chi connectivity index (χ2n) is 8.38. The molecule has 0 aromatic carbocycles. The lowest BCUT2D eigenvalue weighted by molar-refractivity contribution is -0.129. The molecule has 2 aliphatic heterocycles. The monoisotopic (exact) mass is 432 g/mol. The van der Waals surface area contributed by atoms with Crippen LogP contribution in [0.25, 0.3) is 10.2 Å². The molecular formula is C21H28N4O2S2. The van der Waals surface area contributed by atoms with E-state index in [0.29, 0.717) is 18.2 Å². The maximum absolute atomic E-state index is 12.5. The van der Waals surface area contributed by atoms with Crippen LogP contribution in [0.3, 0.4) is 0 Å². The van der Waals surface area contributed by atoms with E-state index in [2.05, 4.69) is 14.9 Å². The summed E-state index contributed by atoms with van der Waals surface area (Å²) in [6.45, 7) is 4.20. The lowest BCUT2D eigenvalue weighted by Gasteiger charge is -2.23. The Balaban J connectivity index is 1.11. The number of fused-ring (bicyclic) bond motifs is 3. The Kier molecular flexibility index (Phi) is 5.67. The van der Waals surface area contributed by atoms with Crippen molar-refractivity contribution in [1.29, 1.82) is 0 Å². The van der Waals surface area contributed by atoms with Gasteiger partial charge in [-0.2, -0.15) is 11.8 Å². The molecule has 3 aliphatic rings. The molecule has 1 unspecified atom stereocenters. The number of carbonyl (C=O) groups is 1. The minimum absolute atomic E-state index is 0.00565. The van der Waals surface area contributed by atoms with E-state index >= 15 is 0 Å². The lowest BCUT2D eigenvalue weighted by Crippen LogP contribution is -2.37. The van der Waals surface area contributed by atoms with E-state index in [1.807, 2.05) is 4.90 Å². The number of nitrogens with one attached hydrogen (secondary N) is 1. The molecule has 8 heteroatoms. The van der Waals surface area contributed by atoms with Gasteiger partial charge in [-0.3, -0.25) is 14.5 Å². The fourth-order valence-electron chi connectivity index (χ4n) is 4.97. The third-order valence-corrected chi connectivity index (χ3v) is 8.65. The van der Waals surface area contributed by atoms with Gasteiger partial charge in [0.2, 0.25) is 5.91 Å². The highest BCUT2D eigenvalue weighted by molar-refractivity contribution is 7.98. The normalized spacial score (nSPS) is 22.1. The minimum Gasteiger partial charge on any atom is -0.341 e. The number of thioether (sulfide) groups is 1. The van der Waals surface area contributed by atoms with E-state index in [-0.39, 0.29) is 11.5 Å². The van der Waals surface area contributed by atoms with E-state index in [9.17, 15) is 9.59 Å². The summed E-state index contributed by atoms with van der Waals surface area (Å²) < 4.78 is 0. The number of aromatic nitrogens is 2. The van der Waals surface area contributed by atoms with E-state index in [1.165, 1.54) is 36.4 Å². The van der Waals surface area contributed by atoms with Gasteiger partial charge < -0.3 is 9.88 Å². The topological polar surface area (TPSA) is 69.3 Å². The van der Waals surface area contributed by atoms with E-state index in [0.717, 1.165) is 60.6 Å². The number of hydrogen-bond acceptors (Lipinski definition) is 6. The predicted octanol–water partition coefficient (Wildman–Crippen LogP) is 2.79. The third-order valence-electron chi connectivity index (χ3n) is 6.50. The zero-order chi connectivity index (χ0) is 19.8. The molecule has 2 aromatic heterocycles. The molecule has 0 bridgehead atoms. The minimum atomic E-state index is 0.00565. The van der Waals surface area contributed by atoms with Crippen LogP contribution in [0.1, 0.15) is 48.4 Å². The summed E-state index contributed by atoms with van der Waals surface area (Å²) in [5.74, 6) is 2.42. The first-order valence-electron chi connectivity index (χ1n) is 10.8. The number of carbonyl (C=O) groups excluding carboxylic acids is 1. The lowest BCUT2D eigenvalue weighted by atomic mass is 10.2. The van der Waals surface area contributed by atoms with Gasteiger partial charge in [-0.05, 0) is 57.2 Å². The van der Waals surface area contributed by atoms with E-state index in [1.54, 1.807) is 23.1 Å². The highest BCUT2D eigenvalue weighted by Gasteiger charge is 2.31. The molecule has 6 nitrogen and oxygen atoms in total. The number of likely N-dealkylation sites (tertiary alicyclic amines) is 2. The van der Waals surface area contributed by atoms with Crippen LogP contribution < -0.4 is 5.56 Å². The molecule has 156 valence electrons. The number of nitrogens with zero attached hydrogens (tertiary/aromatic N) is 3. The van der Waals surface area contributed by atoms with Gasteiger partial charge in [0.15, 0.2) is 0 Å². The van der Waals surface area contributed by atoms with Crippen molar-refractivity contribution in [1.82, 2.24) is 19.8 Å². The van der Waals surface area contributed by atoms with Gasteiger partial charge in [-0.15, -0.1) is 11.3 Å². The summed E-state index contributed by atoms with van der Waals surface area (Å²) >= 11 is 3.36. The molecule has 1 aliphatic carbocycles. The number of amides is 1. The van der Waals surface area contributed by atoms with Crippen molar-refractivity contribution in [2.24, 2.45) is 0 Å².